The molecule has 1 rings (SSSR count). The third kappa shape index (κ3) is 1.47. The van der Waals surface area contributed by atoms with E-state index in [4.69, 9.17) is 23.2 Å². The molecule has 0 fully saturated rings. The van der Waals surface area contributed by atoms with Gasteiger partial charge in [-0.2, -0.15) is 0 Å². The first-order valence-corrected chi connectivity index (χ1v) is 4.14. The number of imide groups is 1. The van der Waals surface area contributed by atoms with E-state index in [9.17, 15) is 14.4 Å². The van der Waals surface area contributed by atoms with Gasteiger partial charge < -0.3 is 4.79 Å². The van der Waals surface area contributed by atoms with Crippen molar-refractivity contribution in [3.63, 3.8) is 0 Å². The van der Waals surface area contributed by atoms with E-state index in [2.05, 4.69) is 0 Å². The molecule has 0 N–H and O–H groups in total. The van der Waals surface area contributed by atoms with Crippen LogP contribution >= 0.6 is 23.2 Å². The van der Waals surface area contributed by atoms with Crippen LogP contribution < -0.4 is 0 Å². The van der Waals surface area contributed by atoms with Gasteiger partial charge in [-0.3, -0.25) is 14.5 Å². The summed E-state index contributed by atoms with van der Waals surface area (Å²) < 4.78 is 0. The van der Waals surface area contributed by atoms with Crippen molar-refractivity contribution in [2.24, 2.45) is 0 Å². The predicted octanol–water partition coefficient (Wildman–Crippen LogP) is 0.632. The van der Waals surface area contributed by atoms with Crippen LogP contribution in [0, 0.1) is 0 Å². The van der Waals surface area contributed by atoms with Gasteiger partial charge in [0.25, 0.3) is 11.8 Å². The Morgan fingerprint density at radius 3 is 1.92 bits per heavy atom. The fraction of sp³-hybridized carbons (Fsp3) is 0.286. The third-order valence-corrected chi connectivity index (χ3v) is 2.41. The second-order valence-corrected chi connectivity index (χ2v) is 3.24. The van der Waals surface area contributed by atoms with Crippen molar-refractivity contribution in [1.82, 2.24) is 4.90 Å². The molecule has 1 atom stereocenters. The van der Waals surface area contributed by atoms with E-state index in [-0.39, 0.29) is 10.1 Å². The van der Waals surface area contributed by atoms with Gasteiger partial charge in [0, 0.05) is 0 Å². The van der Waals surface area contributed by atoms with Gasteiger partial charge in [-0.05, 0) is 6.92 Å². The molecule has 0 aromatic rings. The van der Waals surface area contributed by atoms with Crippen LogP contribution in [0.5, 0.6) is 0 Å². The number of hydrogen-bond acceptors (Lipinski definition) is 3. The van der Waals surface area contributed by atoms with Crippen LogP contribution in [0.3, 0.4) is 0 Å². The Morgan fingerprint density at radius 1 is 1.23 bits per heavy atom. The summed E-state index contributed by atoms with van der Waals surface area (Å²) >= 11 is 10.8. The molecule has 0 radical (unpaired) electrons. The maximum Gasteiger partial charge on any atom is 0.274 e. The zero-order valence-electron chi connectivity index (χ0n) is 6.58. The van der Waals surface area contributed by atoms with E-state index in [1.54, 1.807) is 0 Å². The van der Waals surface area contributed by atoms with Crippen LogP contribution in [0.25, 0.3) is 0 Å². The van der Waals surface area contributed by atoms with E-state index >= 15 is 0 Å². The van der Waals surface area contributed by atoms with Crippen molar-refractivity contribution >= 4 is 41.3 Å². The van der Waals surface area contributed by atoms with Crippen LogP contribution in [0.4, 0.5) is 0 Å². The monoisotopic (exact) mass is 221 g/mol. The number of amides is 2. The molecule has 0 saturated carbocycles. The van der Waals surface area contributed by atoms with Gasteiger partial charge in [-0.15, -0.1) is 0 Å². The fourth-order valence-electron chi connectivity index (χ4n) is 0.922. The van der Waals surface area contributed by atoms with Crippen LogP contribution in [-0.2, 0) is 14.4 Å². The summed E-state index contributed by atoms with van der Waals surface area (Å²) in [5.41, 5.74) is 0. The number of nitrogens with zero attached hydrogens (tertiary/aromatic N) is 1. The lowest BCUT2D eigenvalue weighted by Gasteiger charge is -2.16. The molecule has 0 aromatic heterocycles. The second-order valence-electron chi connectivity index (χ2n) is 2.48. The molecule has 0 aromatic carbocycles. The number of halogens is 2. The normalized spacial score (nSPS) is 19.8. The lowest BCUT2D eigenvalue weighted by molar-refractivity contribution is -0.141. The molecule has 6 heteroatoms. The Bertz CT molecular complexity index is 300. The van der Waals surface area contributed by atoms with E-state index in [0.29, 0.717) is 6.29 Å². The summed E-state index contributed by atoms with van der Waals surface area (Å²) in [6.07, 6.45) is 0.468. The van der Waals surface area contributed by atoms with Gasteiger partial charge >= 0.3 is 0 Å². The third-order valence-electron chi connectivity index (χ3n) is 1.61. The number of rotatable bonds is 2. The van der Waals surface area contributed by atoms with Crippen molar-refractivity contribution in [3.05, 3.63) is 10.1 Å². The minimum absolute atomic E-state index is 0.333. The van der Waals surface area contributed by atoms with Crippen molar-refractivity contribution in [2.75, 3.05) is 0 Å². The van der Waals surface area contributed by atoms with Crippen molar-refractivity contribution < 1.29 is 14.4 Å². The maximum absolute atomic E-state index is 11.2. The molecule has 70 valence electrons. The molecule has 0 bridgehead atoms. The number of carbonyl (C=O) groups is 3. The molecule has 13 heavy (non-hydrogen) atoms. The molecule has 4 nitrogen and oxygen atoms in total. The van der Waals surface area contributed by atoms with E-state index in [1.807, 2.05) is 0 Å². The molecular formula is C7H5Cl2NO3. The van der Waals surface area contributed by atoms with Crippen LogP contribution in [0.2, 0.25) is 0 Å². The summed E-state index contributed by atoms with van der Waals surface area (Å²) in [5, 5.41) is -0.666. The average Bonchev–Trinajstić information content (AvgIpc) is 2.30. The Morgan fingerprint density at radius 2 is 1.62 bits per heavy atom. The average molecular weight is 222 g/mol. The minimum atomic E-state index is -0.843. The summed E-state index contributed by atoms with van der Waals surface area (Å²) in [7, 11) is 0. The highest BCUT2D eigenvalue weighted by atomic mass is 35.5. The van der Waals surface area contributed by atoms with Crippen LogP contribution in [0.1, 0.15) is 6.92 Å². The topological polar surface area (TPSA) is 54.5 Å². The van der Waals surface area contributed by atoms with E-state index < -0.39 is 17.9 Å². The highest BCUT2D eigenvalue weighted by Gasteiger charge is 2.39. The van der Waals surface area contributed by atoms with E-state index in [1.165, 1.54) is 6.92 Å². The molecule has 0 aliphatic carbocycles. The molecule has 1 aliphatic rings. The van der Waals surface area contributed by atoms with E-state index in [0.717, 1.165) is 4.90 Å². The first-order chi connectivity index (χ1) is 6.00. The van der Waals surface area contributed by atoms with Crippen molar-refractivity contribution in [3.8, 4) is 0 Å². The van der Waals surface area contributed by atoms with Gasteiger partial charge in [0.2, 0.25) is 0 Å². The zero-order valence-corrected chi connectivity index (χ0v) is 8.09. The molecule has 2 amide bonds. The molecule has 0 spiro atoms. The van der Waals surface area contributed by atoms with Crippen molar-refractivity contribution in [2.45, 2.75) is 13.0 Å². The Balaban J connectivity index is 3.03. The minimum Gasteiger partial charge on any atom is -0.301 e. The predicted molar refractivity (Wildman–Crippen MR) is 46.1 cm³/mol. The van der Waals surface area contributed by atoms with Gasteiger partial charge in [0.05, 0.1) is 6.04 Å². The standard InChI is InChI=1S/C7H5Cl2NO3/c1-3(2-11)10-6(12)4(8)5(9)7(10)13/h2-3H,1H3. The molecule has 1 aliphatic heterocycles. The van der Waals surface area contributed by atoms with Crippen LogP contribution in [-0.4, -0.2) is 29.0 Å². The number of carbonyl (C=O) groups excluding carboxylic acids is 3. The van der Waals surface area contributed by atoms with Crippen molar-refractivity contribution in [1.29, 1.82) is 0 Å². The highest BCUT2D eigenvalue weighted by molar-refractivity contribution is 6.58. The molecule has 1 heterocycles. The lowest BCUT2D eigenvalue weighted by atomic mass is 10.3. The summed E-state index contributed by atoms with van der Waals surface area (Å²) in [6.45, 7) is 1.41. The molecular weight excluding hydrogens is 217 g/mol. The quantitative estimate of drug-likeness (QED) is 0.508. The van der Waals surface area contributed by atoms with Gasteiger partial charge in [-0.1, -0.05) is 23.2 Å². The zero-order chi connectivity index (χ0) is 10.2. The second kappa shape index (κ2) is 3.47. The first-order valence-electron chi connectivity index (χ1n) is 3.39. The van der Waals surface area contributed by atoms with Gasteiger partial charge in [0.15, 0.2) is 0 Å². The van der Waals surface area contributed by atoms with Crippen LogP contribution in [0.15, 0.2) is 10.1 Å². The van der Waals surface area contributed by atoms with Gasteiger partial charge in [-0.25, -0.2) is 0 Å². The summed E-state index contributed by atoms with van der Waals surface area (Å²) in [5.74, 6) is -1.45. The first kappa shape index (κ1) is 10.2. The number of hydrogen-bond donors (Lipinski definition) is 0. The summed E-state index contributed by atoms with van der Waals surface area (Å²) in [4.78, 5) is 33.5. The Labute approximate surface area is 84.1 Å². The highest BCUT2D eigenvalue weighted by Crippen LogP contribution is 2.27. The number of aldehydes is 1. The largest absolute Gasteiger partial charge is 0.301 e. The molecule has 0 saturated heterocycles. The maximum atomic E-state index is 11.2. The lowest BCUT2D eigenvalue weighted by Crippen LogP contribution is -2.39. The molecule has 1 unspecified atom stereocenters. The smallest absolute Gasteiger partial charge is 0.274 e. The Hall–Kier alpha value is -0.870. The fourth-order valence-corrected chi connectivity index (χ4v) is 1.27. The van der Waals surface area contributed by atoms with Gasteiger partial charge in [0.1, 0.15) is 16.4 Å². The summed E-state index contributed by atoms with van der Waals surface area (Å²) in [6, 6.07) is -0.843. The Kier molecular flexibility index (Phi) is 2.73. The SMILES string of the molecule is CC(C=O)N1C(=O)C(Cl)=C(Cl)C1=O.